The molecular formula is C11H17N3OS2. The summed E-state index contributed by atoms with van der Waals surface area (Å²) in [5.41, 5.74) is 0. The van der Waals surface area contributed by atoms with Crippen molar-refractivity contribution in [2.75, 3.05) is 11.5 Å². The Morgan fingerprint density at radius 1 is 1.35 bits per heavy atom. The minimum atomic E-state index is 0.396. The summed E-state index contributed by atoms with van der Waals surface area (Å²) in [4.78, 5) is 4.51. The first-order chi connectivity index (χ1) is 8.33. The van der Waals surface area contributed by atoms with Crippen molar-refractivity contribution in [2.45, 2.75) is 42.9 Å². The normalized spacial score (nSPS) is 29.5. The van der Waals surface area contributed by atoms with Crippen LogP contribution in [0, 0.1) is 0 Å². The molecule has 4 nitrogen and oxygen atoms in total. The molecular weight excluding hydrogens is 254 g/mol. The number of nitrogens with one attached hydrogen (secondary N) is 1. The van der Waals surface area contributed by atoms with Gasteiger partial charge in [0.1, 0.15) is 0 Å². The van der Waals surface area contributed by atoms with Crippen LogP contribution in [0.5, 0.6) is 0 Å². The highest BCUT2D eigenvalue weighted by molar-refractivity contribution is 8.06. The van der Waals surface area contributed by atoms with E-state index >= 15 is 0 Å². The van der Waals surface area contributed by atoms with Crippen LogP contribution in [0.15, 0.2) is 4.52 Å². The lowest BCUT2D eigenvalue weighted by Crippen LogP contribution is -2.18. The smallest absolute Gasteiger partial charge is 0.240 e. The standard InChI is InChI=1S/C11H17N3OS2/c1-7-10(17-5-4-16-7)11-13-9(15-14-11)6-12-8-2-3-8/h7-8,10,12H,2-6H2,1H3. The van der Waals surface area contributed by atoms with Crippen molar-refractivity contribution in [1.82, 2.24) is 15.5 Å². The maximum absolute atomic E-state index is 5.30. The Labute approximate surface area is 110 Å². The highest BCUT2D eigenvalue weighted by Gasteiger charge is 2.28. The monoisotopic (exact) mass is 271 g/mol. The number of aromatic nitrogens is 2. The fourth-order valence-electron chi connectivity index (χ4n) is 1.89. The zero-order valence-corrected chi connectivity index (χ0v) is 11.5. The van der Waals surface area contributed by atoms with E-state index < -0.39 is 0 Å². The van der Waals surface area contributed by atoms with E-state index in [1.54, 1.807) is 0 Å². The van der Waals surface area contributed by atoms with E-state index in [9.17, 15) is 0 Å². The highest BCUT2D eigenvalue weighted by Crippen LogP contribution is 2.41. The third kappa shape index (κ3) is 2.98. The first-order valence-electron chi connectivity index (χ1n) is 6.12. The van der Waals surface area contributed by atoms with Crippen molar-refractivity contribution in [2.24, 2.45) is 0 Å². The molecule has 2 unspecified atom stereocenters. The molecule has 0 bridgehead atoms. The van der Waals surface area contributed by atoms with Gasteiger partial charge in [0, 0.05) is 22.8 Å². The molecule has 0 spiro atoms. The Morgan fingerprint density at radius 2 is 2.18 bits per heavy atom. The van der Waals surface area contributed by atoms with Gasteiger partial charge in [-0.05, 0) is 12.8 Å². The maximum atomic E-state index is 5.30. The molecule has 0 amide bonds. The second-order valence-electron chi connectivity index (χ2n) is 4.57. The average Bonchev–Trinajstić information content (AvgIpc) is 3.06. The molecule has 1 aromatic rings. The van der Waals surface area contributed by atoms with Gasteiger partial charge >= 0.3 is 0 Å². The first kappa shape index (κ1) is 11.9. The third-order valence-electron chi connectivity index (χ3n) is 3.05. The fourth-order valence-corrected chi connectivity index (χ4v) is 4.57. The van der Waals surface area contributed by atoms with E-state index in [1.165, 1.54) is 24.3 Å². The Morgan fingerprint density at radius 3 is 2.94 bits per heavy atom. The Balaban J connectivity index is 1.61. The molecule has 1 aromatic heterocycles. The summed E-state index contributed by atoms with van der Waals surface area (Å²) in [5.74, 6) is 4.03. The molecule has 2 heterocycles. The van der Waals surface area contributed by atoms with Crippen LogP contribution in [0.1, 0.15) is 36.7 Å². The van der Waals surface area contributed by atoms with Gasteiger partial charge in [0.05, 0.1) is 11.8 Å². The summed E-state index contributed by atoms with van der Waals surface area (Å²) in [7, 11) is 0. The van der Waals surface area contributed by atoms with Crippen LogP contribution in [0.4, 0.5) is 0 Å². The van der Waals surface area contributed by atoms with Crippen LogP contribution in [-0.4, -0.2) is 32.9 Å². The van der Waals surface area contributed by atoms with Crippen LogP contribution < -0.4 is 5.32 Å². The molecule has 1 aliphatic carbocycles. The summed E-state index contributed by atoms with van der Waals surface area (Å²) in [6.45, 7) is 2.97. The predicted octanol–water partition coefficient (Wildman–Crippen LogP) is 2.23. The van der Waals surface area contributed by atoms with Gasteiger partial charge < -0.3 is 9.84 Å². The van der Waals surface area contributed by atoms with E-state index in [-0.39, 0.29) is 0 Å². The van der Waals surface area contributed by atoms with Crippen molar-refractivity contribution < 1.29 is 4.52 Å². The van der Waals surface area contributed by atoms with E-state index in [0.29, 0.717) is 16.5 Å². The summed E-state index contributed by atoms with van der Waals surface area (Å²) in [6.07, 6.45) is 2.57. The fraction of sp³-hybridized carbons (Fsp3) is 0.818. The van der Waals surface area contributed by atoms with Crippen molar-refractivity contribution in [3.8, 4) is 0 Å². The Bertz CT molecular complexity index is 381. The van der Waals surface area contributed by atoms with Gasteiger partial charge in [-0.15, -0.1) is 11.8 Å². The third-order valence-corrected chi connectivity index (χ3v) is 6.13. The van der Waals surface area contributed by atoms with Crippen LogP contribution >= 0.6 is 23.5 Å². The van der Waals surface area contributed by atoms with E-state index in [0.717, 1.165) is 18.3 Å². The van der Waals surface area contributed by atoms with Crippen LogP contribution in [-0.2, 0) is 6.54 Å². The number of rotatable bonds is 4. The van der Waals surface area contributed by atoms with Gasteiger partial charge in [-0.2, -0.15) is 16.7 Å². The van der Waals surface area contributed by atoms with Crippen molar-refractivity contribution in [3.05, 3.63) is 11.7 Å². The van der Waals surface area contributed by atoms with Crippen molar-refractivity contribution >= 4 is 23.5 Å². The molecule has 2 fully saturated rings. The summed E-state index contributed by atoms with van der Waals surface area (Å²) >= 11 is 3.95. The van der Waals surface area contributed by atoms with Gasteiger partial charge in [0.15, 0.2) is 5.82 Å². The molecule has 0 radical (unpaired) electrons. The molecule has 1 saturated carbocycles. The maximum Gasteiger partial charge on any atom is 0.240 e. The molecule has 17 heavy (non-hydrogen) atoms. The zero-order chi connectivity index (χ0) is 11.7. The SMILES string of the molecule is CC1SCCSC1c1noc(CNC2CC2)n1. The van der Waals surface area contributed by atoms with Gasteiger partial charge in [-0.25, -0.2) is 0 Å². The molecule has 0 aromatic carbocycles. The van der Waals surface area contributed by atoms with Gasteiger partial charge in [0.25, 0.3) is 0 Å². The molecule has 2 atom stereocenters. The summed E-state index contributed by atoms with van der Waals surface area (Å²) in [5, 5.41) is 8.50. The molecule has 1 aliphatic heterocycles. The van der Waals surface area contributed by atoms with E-state index in [4.69, 9.17) is 4.52 Å². The summed E-state index contributed by atoms with van der Waals surface area (Å²) < 4.78 is 5.30. The molecule has 2 aliphatic rings. The molecule has 94 valence electrons. The number of nitrogens with zero attached hydrogens (tertiary/aromatic N) is 2. The van der Waals surface area contributed by atoms with Gasteiger partial charge in [0.2, 0.25) is 5.89 Å². The van der Waals surface area contributed by atoms with E-state index in [2.05, 4.69) is 22.4 Å². The topological polar surface area (TPSA) is 51.0 Å². The molecule has 6 heteroatoms. The van der Waals surface area contributed by atoms with Gasteiger partial charge in [-0.1, -0.05) is 12.1 Å². The molecule has 1 saturated heterocycles. The van der Waals surface area contributed by atoms with Crippen LogP contribution in [0.2, 0.25) is 0 Å². The zero-order valence-electron chi connectivity index (χ0n) is 9.89. The largest absolute Gasteiger partial charge is 0.338 e. The summed E-state index contributed by atoms with van der Waals surface area (Å²) in [6, 6.07) is 0.684. The lowest BCUT2D eigenvalue weighted by atomic mass is 10.3. The Hall–Kier alpha value is -0.200. The molecule has 3 rings (SSSR count). The number of thioether (sulfide) groups is 2. The lowest BCUT2D eigenvalue weighted by molar-refractivity contribution is 0.362. The van der Waals surface area contributed by atoms with E-state index in [1.807, 2.05) is 23.5 Å². The number of hydrogen-bond acceptors (Lipinski definition) is 6. The van der Waals surface area contributed by atoms with Crippen molar-refractivity contribution in [1.29, 1.82) is 0 Å². The Kier molecular flexibility index (Phi) is 3.63. The van der Waals surface area contributed by atoms with Crippen LogP contribution in [0.3, 0.4) is 0 Å². The number of hydrogen-bond donors (Lipinski definition) is 1. The predicted molar refractivity (Wildman–Crippen MR) is 71.3 cm³/mol. The average molecular weight is 271 g/mol. The van der Waals surface area contributed by atoms with Crippen molar-refractivity contribution in [3.63, 3.8) is 0 Å². The minimum Gasteiger partial charge on any atom is -0.338 e. The lowest BCUT2D eigenvalue weighted by Gasteiger charge is -2.24. The highest BCUT2D eigenvalue weighted by atomic mass is 32.2. The minimum absolute atomic E-state index is 0.396. The van der Waals surface area contributed by atoms with Gasteiger partial charge in [-0.3, -0.25) is 0 Å². The van der Waals surface area contributed by atoms with Crippen LogP contribution in [0.25, 0.3) is 0 Å². The second kappa shape index (κ2) is 5.20. The first-order valence-corrected chi connectivity index (χ1v) is 8.22. The molecule has 1 N–H and O–H groups in total. The quantitative estimate of drug-likeness (QED) is 0.906. The second-order valence-corrected chi connectivity index (χ2v) is 7.30.